The first kappa shape index (κ1) is 2.57. The quantitative estimate of drug-likeness (QED) is 0.449. The molecule has 0 aliphatic heterocycles. The van der Waals surface area contributed by atoms with Crippen molar-refractivity contribution in [2.75, 3.05) is 0 Å². The maximum Gasteiger partial charge on any atom is 0.0458 e. The molecule has 2 N–H and O–H groups in total. The second-order valence-electron chi connectivity index (χ2n) is 1.10. The molecule has 1 aromatic rings. The van der Waals surface area contributed by atoms with Crippen LogP contribution < -0.4 is 0 Å². The Morgan fingerprint density at radius 1 is 1.80 bits per heavy atom. The summed E-state index contributed by atoms with van der Waals surface area (Å²) in [6.45, 7) is 2.00. The van der Waals surface area contributed by atoms with E-state index >= 15 is 0 Å². The van der Waals surface area contributed by atoms with Gasteiger partial charge >= 0.3 is 0 Å². The van der Waals surface area contributed by atoms with Crippen LogP contribution in [0.3, 0.4) is 0 Å². The number of hydrogen-bond donors (Lipinski definition) is 2. The van der Waals surface area contributed by atoms with Gasteiger partial charge in [0.25, 0.3) is 0 Å². The van der Waals surface area contributed by atoms with Gasteiger partial charge in [-0.15, -0.1) is 0 Å². The van der Waals surface area contributed by atoms with Gasteiger partial charge in [-0.1, -0.05) is 0 Å². The Hall–Kier alpha value is -0.660. The molecule has 2 nitrogen and oxygen atoms in total. The summed E-state index contributed by atoms with van der Waals surface area (Å²) in [5, 5.41) is 5.57. The van der Waals surface area contributed by atoms with Crippen LogP contribution in [0.2, 0.25) is 0 Å². The van der Waals surface area contributed by atoms with Crippen LogP contribution in [-0.2, 0) is 0 Å². The van der Waals surface area contributed by atoms with E-state index in [0.717, 1.165) is 0 Å². The lowest BCUT2D eigenvalue weighted by atomic mass is 10.5. The summed E-state index contributed by atoms with van der Waals surface area (Å²) in [5.41, 5.74) is 1.20. The molecule has 0 spiro atoms. The Bertz CT molecular complexity index is 87.1. The molecule has 0 fully saturated rings. The first-order valence-electron chi connectivity index (χ1n) is 1.58. The Balaban J connectivity index is 2.83. The summed E-state index contributed by atoms with van der Waals surface area (Å²) in [7, 11) is 0. The van der Waals surface area contributed by atoms with Crippen molar-refractivity contribution in [2.45, 2.75) is 6.92 Å². The average molecular weight is 70.1 g/mol. The molecule has 28 valence electrons. The van der Waals surface area contributed by atoms with Crippen LogP contribution in [-0.4, -0.2) is 10.2 Å². The SMILES string of the molecule is Cc1c[nH][nH]1. The van der Waals surface area contributed by atoms with E-state index in [-0.39, 0.29) is 0 Å². The van der Waals surface area contributed by atoms with Gasteiger partial charge in [-0.05, 0) is 6.92 Å². The molecule has 0 aliphatic carbocycles. The Morgan fingerprint density at radius 2 is 2.20 bits per heavy atom. The normalized spacial score (nSPS) is 9.00. The lowest BCUT2D eigenvalue weighted by Gasteiger charge is -1.91. The lowest BCUT2D eigenvalue weighted by molar-refractivity contribution is 0.901. The molecule has 0 saturated heterocycles. The zero-order valence-electron chi connectivity index (χ0n) is 3.08. The van der Waals surface area contributed by atoms with Gasteiger partial charge in [-0.3, -0.25) is 0 Å². The molecule has 5 heavy (non-hydrogen) atoms. The number of nitrogens with one attached hydrogen (secondary N) is 2. The van der Waals surface area contributed by atoms with Crippen molar-refractivity contribution in [1.82, 2.24) is 10.2 Å². The van der Waals surface area contributed by atoms with Gasteiger partial charge in [0, 0.05) is 11.9 Å². The molecule has 0 aromatic carbocycles. The van der Waals surface area contributed by atoms with E-state index in [4.69, 9.17) is 0 Å². The van der Waals surface area contributed by atoms with Crippen molar-refractivity contribution in [2.24, 2.45) is 0 Å². The largest absolute Gasteiger partial charge is 0.307 e. The third-order valence-electron chi connectivity index (χ3n) is 0.558. The van der Waals surface area contributed by atoms with Crippen molar-refractivity contribution in [3.8, 4) is 0 Å². The number of H-pyrrole nitrogens is 2. The van der Waals surface area contributed by atoms with Crippen molar-refractivity contribution < 1.29 is 0 Å². The summed E-state index contributed by atoms with van der Waals surface area (Å²) < 4.78 is 0. The molecule has 0 aliphatic rings. The topological polar surface area (TPSA) is 31.6 Å². The van der Waals surface area contributed by atoms with Crippen LogP contribution in [0.4, 0.5) is 0 Å². The van der Waals surface area contributed by atoms with Gasteiger partial charge < -0.3 is 10.2 Å². The Labute approximate surface area is 30.2 Å². The minimum Gasteiger partial charge on any atom is -0.307 e. The van der Waals surface area contributed by atoms with Crippen molar-refractivity contribution in [1.29, 1.82) is 0 Å². The van der Waals surface area contributed by atoms with Gasteiger partial charge in [0.05, 0.1) is 0 Å². The number of hydrogen-bond acceptors (Lipinski definition) is 0. The predicted molar refractivity (Wildman–Crippen MR) is 19.9 cm³/mol. The van der Waals surface area contributed by atoms with E-state index in [1.165, 1.54) is 5.69 Å². The highest BCUT2D eigenvalue weighted by Crippen LogP contribution is 1.80. The number of aromatic nitrogens is 2. The molecular weight excluding hydrogens is 64.0 g/mol. The highest BCUT2D eigenvalue weighted by atomic mass is 15.1. The third kappa shape index (κ3) is 0.210. The molecular formula is C3H6N2. The minimum atomic E-state index is 1.20. The van der Waals surface area contributed by atoms with Gasteiger partial charge in [0.1, 0.15) is 0 Å². The molecule has 0 radical (unpaired) electrons. The van der Waals surface area contributed by atoms with Crippen LogP contribution in [0.1, 0.15) is 5.69 Å². The van der Waals surface area contributed by atoms with E-state index in [9.17, 15) is 0 Å². The van der Waals surface area contributed by atoms with E-state index in [1.54, 1.807) is 0 Å². The smallest absolute Gasteiger partial charge is 0.0458 e. The third-order valence-corrected chi connectivity index (χ3v) is 0.558. The average Bonchev–Trinajstić information content (AvgIpc) is 1.30. The van der Waals surface area contributed by atoms with Crippen LogP contribution in [0, 0.1) is 6.92 Å². The first-order chi connectivity index (χ1) is 2.39. The predicted octanol–water partition coefficient (Wildman–Crippen LogP) is 0.651. The molecule has 1 aromatic heterocycles. The van der Waals surface area contributed by atoms with Crippen LogP contribution >= 0.6 is 0 Å². The Kier molecular flexibility index (Phi) is 0.330. The number of aryl methyl sites for hydroxylation is 1. The van der Waals surface area contributed by atoms with Gasteiger partial charge in [0.15, 0.2) is 0 Å². The summed E-state index contributed by atoms with van der Waals surface area (Å²) in [4.78, 5) is 0. The maximum absolute atomic E-state index is 2.82. The van der Waals surface area contributed by atoms with Gasteiger partial charge in [-0.25, -0.2) is 0 Å². The summed E-state index contributed by atoms with van der Waals surface area (Å²) in [5.74, 6) is 0. The fraction of sp³-hybridized carbons (Fsp3) is 0.333. The zero-order chi connectivity index (χ0) is 3.70. The monoisotopic (exact) mass is 70.1 g/mol. The van der Waals surface area contributed by atoms with E-state index in [1.807, 2.05) is 13.1 Å². The molecule has 0 atom stereocenters. The standard InChI is InChI=1S/C3H6N2/c1-3-2-4-5-3/h2,4-5H,1H3. The Morgan fingerprint density at radius 3 is 2.20 bits per heavy atom. The van der Waals surface area contributed by atoms with Crippen molar-refractivity contribution >= 4 is 0 Å². The molecule has 1 rings (SSSR count). The first-order valence-corrected chi connectivity index (χ1v) is 1.58. The van der Waals surface area contributed by atoms with Crippen LogP contribution in [0.25, 0.3) is 0 Å². The lowest BCUT2D eigenvalue weighted by Crippen LogP contribution is -1.87. The molecule has 0 unspecified atom stereocenters. The highest BCUT2D eigenvalue weighted by Gasteiger charge is 1.73. The fourth-order valence-electron chi connectivity index (χ4n) is 0.217. The molecule has 1 heterocycles. The molecule has 0 saturated carbocycles. The van der Waals surface area contributed by atoms with Crippen molar-refractivity contribution in [3.63, 3.8) is 0 Å². The maximum atomic E-state index is 2.82. The number of aromatic amines is 2. The van der Waals surface area contributed by atoms with E-state index in [0.29, 0.717) is 0 Å². The number of rotatable bonds is 0. The minimum absolute atomic E-state index is 1.20. The van der Waals surface area contributed by atoms with Crippen LogP contribution in [0.15, 0.2) is 6.20 Å². The summed E-state index contributed by atoms with van der Waals surface area (Å²) in [6, 6.07) is 0. The van der Waals surface area contributed by atoms with Crippen LogP contribution in [0.5, 0.6) is 0 Å². The van der Waals surface area contributed by atoms with E-state index < -0.39 is 0 Å². The second kappa shape index (κ2) is 0.641. The zero-order valence-corrected chi connectivity index (χ0v) is 3.08. The van der Waals surface area contributed by atoms with Gasteiger partial charge in [0.2, 0.25) is 0 Å². The summed E-state index contributed by atoms with van der Waals surface area (Å²) in [6.07, 6.45) is 1.90. The highest BCUT2D eigenvalue weighted by molar-refractivity contribution is 4.86. The van der Waals surface area contributed by atoms with E-state index in [2.05, 4.69) is 10.2 Å². The van der Waals surface area contributed by atoms with Gasteiger partial charge in [-0.2, -0.15) is 0 Å². The molecule has 0 bridgehead atoms. The van der Waals surface area contributed by atoms with Crippen molar-refractivity contribution in [3.05, 3.63) is 11.9 Å². The summed E-state index contributed by atoms with van der Waals surface area (Å²) >= 11 is 0. The molecule has 2 heteroatoms. The second-order valence-corrected chi connectivity index (χ2v) is 1.10. The fourth-order valence-corrected chi connectivity index (χ4v) is 0.217. The molecule has 0 amide bonds.